The van der Waals surface area contributed by atoms with E-state index in [0.717, 1.165) is 16.8 Å². The molecule has 0 bridgehead atoms. The largest absolute Gasteiger partial charge is 0.397 e. The highest BCUT2D eigenvalue weighted by Crippen LogP contribution is 2.25. The summed E-state index contributed by atoms with van der Waals surface area (Å²) in [5.41, 5.74) is 9.62. The summed E-state index contributed by atoms with van der Waals surface area (Å²) < 4.78 is 0. The minimum atomic E-state index is 0.706. The van der Waals surface area contributed by atoms with Gasteiger partial charge in [0.25, 0.3) is 0 Å². The molecule has 0 atom stereocenters. The third-order valence-corrected chi connectivity index (χ3v) is 2.67. The summed E-state index contributed by atoms with van der Waals surface area (Å²) in [7, 11) is 0. The molecule has 3 rings (SSSR count). The average molecular weight is 209 g/mol. The van der Waals surface area contributed by atoms with Crippen LogP contribution in [0.3, 0.4) is 0 Å². The quantitative estimate of drug-likeness (QED) is 0.647. The lowest BCUT2D eigenvalue weighted by molar-refractivity contribution is 1.33. The van der Waals surface area contributed by atoms with Crippen molar-refractivity contribution in [1.82, 2.24) is 9.97 Å². The van der Waals surface area contributed by atoms with Crippen LogP contribution < -0.4 is 5.73 Å². The van der Waals surface area contributed by atoms with Crippen molar-refractivity contribution in [2.75, 3.05) is 5.73 Å². The van der Waals surface area contributed by atoms with Crippen molar-refractivity contribution < 1.29 is 0 Å². The molecule has 78 valence electrons. The number of aromatic nitrogens is 2. The smallest absolute Gasteiger partial charge is 0.0931 e. The normalized spacial score (nSPS) is 10.8. The lowest BCUT2D eigenvalue weighted by Crippen LogP contribution is -1.92. The summed E-state index contributed by atoms with van der Waals surface area (Å²) in [6.45, 7) is 0. The van der Waals surface area contributed by atoms with Crippen LogP contribution in [0.2, 0.25) is 0 Å². The Bertz CT molecular complexity index is 640. The summed E-state index contributed by atoms with van der Waals surface area (Å²) in [4.78, 5) is 7.47. The van der Waals surface area contributed by atoms with Crippen molar-refractivity contribution in [1.29, 1.82) is 0 Å². The van der Waals surface area contributed by atoms with Crippen LogP contribution in [0.4, 0.5) is 5.69 Å². The third kappa shape index (κ3) is 1.34. The minimum Gasteiger partial charge on any atom is -0.397 e. The van der Waals surface area contributed by atoms with Crippen molar-refractivity contribution >= 4 is 16.6 Å². The molecule has 0 fully saturated rings. The van der Waals surface area contributed by atoms with Gasteiger partial charge in [-0.15, -0.1) is 0 Å². The molecule has 2 aromatic heterocycles. The summed E-state index contributed by atoms with van der Waals surface area (Å²) in [6.07, 6.45) is 3.68. The van der Waals surface area contributed by atoms with Gasteiger partial charge in [-0.25, -0.2) is 0 Å². The number of hydrogen-bond donors (Lipinski definition) is 2. The molecule has 0 saturated heterocycles. The summed E-state index contributed by atoms with van der Waals surface area (Å²) >= 11 is 0. The molecular weight excluding hydrogens is 198 g/mol. The van der Waals surface area contributed by atoms with Gasteiger partial charge < -0.3 is 10.7 Å². The van der Waals surface area contributed by atoms with E-state index in [2.05, 4.69) is 16.0 Å². The molecule has 3 N–H and O–H groups in total. The number of benzene rings is 1. The minimum absolute atomic E-state index is 0.706. The monoisotopic (exact) mass is 209 g/mol. The summed E-state index contributed by atoms with van der Waals surface area (Å²) in [6, 6.07) is 11.9. The van der Waals surface area contributed by atoms with Crippen molar-refractivity contribution in [2.45, 2.75) is 0 Å². The fourth-order valence-corrected chi connectivity index (χ4v) is 1.86. The molecule has 0 unspecified atom stereocenters. The zero-order valence-electron chi connectivity index (χ0n) is 8.64. The molecule has 0 aliphatic rings. The molecule has 0 radical (unpaired) electrons. The van der Waals surface area contributed by atoms with E-state index in [-0.39, 0.29) is 0 Å². The van der Waals surface area contributed by atoms with Crippen LogP contribution in [-0.4, -0.2) is 9.97 Å². The number of nitrogens with two attached hydrogens (primary N) is 1. The van der Waals surface area contributed by atoms with Gasteiger partial charge in [0, 0.05) is 28.9 Å². The Morgan fingerprint density at radius 1 is 1.12 bits per heavy atom. The van der Waals surface area contributed by atoms with E-state index in [1.807, 2.05) is 36.5 Å². The predicted octanol–water partition coefficient (Wildman–Crippen LogP) is 2.81. The fourth-order valence-electron chi connectivity index (χ4n) is 1.86. The molecule has 3 heteroatoms. The number of H-pyrrole nitrogens is 1. The van der Waals surface area contributed by atoms with Gasteiger partial charge >= 0.3 is 0 Å². The van der Waals surface area contributed by atoms with Crippen molar-refractivity contribution in [3.63, 3.8) is 0 Å². The summed E-state index contributed by atoms with van der Waals surface area (Å²) in [5.74, 6) is 0. The lowest BCUT2D eigenvalue weighted by atomic mass is 10.1. The highest BCUT2D eigenvalue weighted by molar-refractivity contribution is 5.86. The van der Waals surface area contributed by atoms with Crippen LogP contribution >= 0.6 is 0 Å². The number of anilines is 1. The molecule has 2 heterocycles. The first kappa shape index (κ1) is 8.97. The van der Waals surface area contributed by atoms with Gasteiger partial charge in [-0.2, -0.15) is 0 Å². The fraction of sp³-hybridized carbons (Fsp3) is 0. The second-order valence-electron chi connectivity index (χ2n) is 3.72. The Labute approximate surface area is 92.9 Å². The topological polar surface area (TPSA) is 54.7 Å². The Morgan fingerprint density at radius 3 is 2.94 bits per heavy atom. The van der Waals surface area contributed by atoms with Crippen molar-refractivity contribution in [2.24, 2.45) is 0 Å². The highest BCUT2D eigenvalue weighted by Gasteiger charge is 2.04. The van der Waals surface area contributed by atoms with Gasteiger partial charge in [-0.3, -0.25) is 4.98 Å². The average Bonchev–Trinajstić information content (AvgIpc) is 2.76. The van der Waals surface area contributed by atoms with E-state index >= 15 is 0 Å². The van der Waals surface area contributed by atoms with E-state index in [1.165, 1.54) is 5.39 Å². The molecule has 3 nitrogen and oxygen atoms in total. The molecular formula is C13H11N3. The van der Waals surface area contributed by atoms with E-state index in [4.69, 9.17) is 5.73 Å². The zero-order valence-corrected chi connectivity index (χ0v) is 8.64. The Balaban J connectivity index is 2.22. The third-order valence-electron chi connectivity index (χ3n) is 2.67. The van der Waals surface area contributed by atoms with Gasteiger partial charge in [0.2, 0.25) is 0 Å². The van der Waals surface area contributed by atoms with Crippen molar-refractivity contribution in [3.8, 4) is 11.3 Å². The van der Waals surface area contributed by atoms with E-state index < -0.39 is 0 Å². The number of nitrogens with one attached hydrogen (secondary N) is 1. The predicted molar refractivity (Wildman–Crippen MR) is 65.9 cm³/mol. The van der Waals surface area contributed by atoms with Crippen LogP contribution in [0.15, 0.2) is 48.8 Å². The van der Waals surface area contributed by atoms with Gasteiger partial charge in [-0.05, 0) is 30.3 Å². The maximum Gasteiger partial charge on any atom is 0.0931 e. The summed E-state index contributed by atoms with van der Waals surface area (Å²) in [5, 5.41) is 1.17. The number of aromatic amines is 1. The van der Waals surface area contributed by atoms with Crippen LogP contribution in [0, 0.1) is 0 Å². The highest BCUT2D eigenvalue weighted by atomic mass is 14.7. The number of nitrogens with zero attached hydrogens (tertiary/aromatic N) is 1. The van der Waals surface area contributed by atoms with E-state index in [0.29, 0.717) is 5.69 Å². The van der Waals surface area contributed by atoms with E-state index in [9.17, 15) is 0 Å². The molecule has 0 aliphatic heterocycles. The molecule has 0 spiro atoms. The Kier molecular flexibility index (Phi) is 1.90. The van der Waals surface area contributed by atoms with Crippen LogP contribution in [0.5, 0.6) is 0 Å². The van der Waals surface area contributed by atoms with E-state index in [1.54, 1.807) is 6.20 Å². The maximum absolute atomic E-state index is 5.90. The SMILES string of the molecule is Nc1cccnc1-c1ccc2[nH]ccc2c1. The standard InChI is InChI=1S/C13H11N3/c14-11-2-1-6-16-13(11)10-3-4-12-9(8-10)5-7-15-12/h1-8,15H,14H2. The number of nitrogen functional groups attached to an aromatic ring is 1. The van der Waals surface area contributed by atoms with Crippen molar-refractivity contribution in [3.05, 3.63) is 48.8 Å². The molecule has 0 aliphatic carbocycles. The van der Waals surface area contributed by atoms with Gasteiger partial charge in [0.1, 0.15) is 0 Å². The number of hydrogen-bond acceptors (Lipinski definition) is 2. The number of pyridine rings is 1. The van der Waals surface area contributed by atoms with Crippen LogP contribution in [-0.2, 0) is 0 Å². The number of fused-ring (bicyclic) bond motifs is 1. The van der Waals surface area contributed by atoms with Gasteiger partial charge in [0.05, 0.1) is 11.4 Å². The maximum atomic E-state index is 5.90. The molecule has 1 aromatic carbocycles. The number of rotatable bonds is 1. The molecule has 16 heavy (non-hydrogen) atoms. The second kappa shape index (κ2) is 3.38. The Morgan fingerprint density at radius 2 is 2.06 bits per heavy atom. The molecule has 0 amide bonds. The molecule has 0 saturated carbocycles. The zero-order chi connectivity index (χ0) is 11.0. The first-order valence-corrected chi connectivity index (χ1v) is 5.12. The van der Waals surface area contributed by atoms with Gasteiger partial charge in [-0.1, -0.05) is 6.07 Å². The van der Waals surface area contributed by atoms with Crippen LogP contribution in [0.25, 0.3) is 22.2 Å². The lowest BCUT2D eigenvalue weighted by Gasteiger charge is -2.04. The first-order chi connectivity index (χ1) is 7.84. The second-order valence-corrected chi connectivity index (χ2v) is 3.72. The molecule has 3 aromatic rings. The van der Waals surface area contributed by atoms with Crippen LogP contribution in [0.1, 0.15) is 0 Å². The first-order valence-electron chi connectivity index (χ1n) is 5.12. The Hall–Kier alpha value is -2.29. The van der Waals surface area contributed by atoms with Gasteiger partial charge in [0.15, 0.2) is 0 Å².